The van der Waals surface area contributed by atoms with Gasteiger partial charge in [-0.2, -0.15) is 0 Å². The lowest BCUT2D eigenvalue weighted by molar-refractivity contribution is -0.120. The van der Waals surface area contributed by atoms with E-state index in [1.807, 2.05) is 6.92 Å². The van der Waals surface area contributed by atoms with Crippen molar-refractivity contribution in [2.75, 3.05) is 11.9 Å². The summed E-state index contributed by atoms with van der Waals surface area (Å²) in [7, 11) is 0. The minimum absolute atomic E-state index is 0.132. The lowest BCUT2D eigenvalue weighted by atomic mass is 10.2. The molecule has 0 spiro atoms. The molecule has 1 amide bonds. The predicted molar refractivity (Wildman–Crippen MR) is 46.3 cm³/mol. The molecule has 0 saturated heterocycles. The fourth-order valence-corrected chi connectivity index (χ4v) is 0.697. The number of hydrogen-bond donors (Lipinski definition) is 1. The second-order valence-corrected chi connectivity index (χ2v) is 3.06. The number of carbonyl (C=O) groups excluding carboxylic acids is 1. The molecule has 1 atom stereocenters. The fourth-order valence-electron chi connectivity index (χ4n) is 0.468. The summed E-state index contributed by atoms with van der Waals surface area (Å²) in [5.74, 6) is 0.656. The lowest BCUT2D eigenvalue weighted by Gasteiger charge is -2.07. The van der Waals surface area contributed by atoms with E-state index >= 15 is 0 Å². The van der Waals surface area contributed by atoms with Gasteiger partial charge in [-0.1, -0.05) is 29.8 Å². The van der Waals surface area contributed by atoms with Crippen molar-refractivity contribution in [3.63, 3.8) is 0 Å². The van der Waals surface area contributed by atoms with Crippen LogP contribution in [0, 0.1) is 5.92 Å². The molecule has 0 heterocycles. The van der Waals surface area contributed by atoms with Crippen molar-refractivity contribution in [3.05, 3.63) is 0 Å². The molecule has 0 rings (SSSR count). The third kappa shape index (κ3) is 4.79. The summed E-state index contributed by atoms with van der Waals surface area (Å²) < 4.78 is 0. The van der Waals surface area contributed by atoms with E-state index in [0.29, 0.717) is 12.3 Å². The van der Waals surface area contributed by atoms with Gasteiger partial charge in [-0.25, -0.2) is 0 Å². The number of alkyl halides is 1. The van der Waals surface area contributed by atoms with Crippen LogP contribution in [0.4, 0.5) is 0 Å². The van der Waals surface area contributed by atoms with Crippen LogP contribution < -0.4 is 5.32 Å². The molecule has 0 saturated carbocycles. The van der Waals surface area contributed by atoms with Crippen LogP contribution in [0.5, 0.6) is 0 Å². The van der Waals surface area contributed by atoms with Crippen LogP contribution in [0.25, 0.3) is 0 Å². The number of amides is 1. The summed E-state index contributed by atoms with van der Waals surface area (Å²) in [5.41, 5.74) is 0. The van der Waals surface area contributed by atoms with Crippen molar-refractivity contribution in [3.8, 4) is 0 Å². The summed E-state index contributed by atoms with van der Waals surface area (Å²) in [5, 5.41) is 3.76. The first-order valence-electron chi connectivity index (χ1n) is 3.53. The van der Waals surface area contributed by atoms with Crippen LogP contribution in [0.2, 0.25) is 0 Å². The predicted octanol–water partition coefficient (Wildman–Crippen LogP) is 1.54. The van der Waals surface area contributed by atoms with Crippen LogP contribution in [0.15, 0.2) is 0 Å². The smallest absolute Gasteiger partial charge is 0.219 e. The molecule has 10 heavy (non-hydrogen) atoms. The number of hydrogen-bond acceptors (Lipinski definition) is 1. The maximum atomic E-state index is 10.7. The fraction of sp³-hybridized carbons (Fsp3) is 0.857. The van der Waals surface area contributed by atoms with E-state index in [1.165, 1.54) is 0 Å². The maximum Gasteiger partial charge on any atom is 0.219 e. The van der Waals surface area contributed by atoms with Gasteiger partial charge in [-0.15, -0.1) is 0 Å². The maximum absolute atomic E-state index is 10.7. The van der Waals surface area contributed by atoms with E-state index in [-0.39, 0.29) is 5.91 Å². The summed E-state index contributed by atoms with van der Waals surface area (Å²) in [6, 6.07) is 0. The van der Waals surface area contributed by atoms with Gasteiger partial charge in [0.15, 0.2) is 0 Å². The zero-order chi connectivity index (χ0) is 7.98. The van der Waals surface area contributed by atoms with Gasteiger partial charge in [-0.05, 0) is 5.92 Å². The van der Waals surface area contributed by atoms with E-state index in [2.05, 4.69) is 28.2 Å². The molecule has 0 aromatic heterocycles. The Kier molecular flexibility index (Phi) is 5.69. The van der Waals surface area contributed by atoms with Gasteiger partial charge < -0.3 is 5.32 Å². The molecule has 60 valence electrons. The molecule has 0 fully saturated rings. The molecule has 0 bridgehead atoms. The minimum atomic E-state index is 0.132. The molecule has 1 N–H and O–H groups in total. The normalized spacial score (nSPS) is 12.7. The number of carbonyl (C=O) groups is 1. The molecular weight excluding hydrogens is 194 g/mol. The topological polar surface area (TPSA) is 29.1 Å². The monoisotopic (exact) mass is 207 g/mol. The van der Waals surface area contributed by atoms with Crippen LogP contribution in [-0.4, -0.2) is 17.8 Å². The third-order valence-corrected chi connectivity index (χ3v) is 2.34. The van der Waals surface area contributed by atoms with E-state index in [9.17, 15) is 4.79 Å². The van der Waals surface area contributed by atoms with Gasteiger partial charge >= 0.3 is 0 Å². The number of nitrogens with one attached hydrogen (secondary N) is 1. The first-order chi connectivity index (χ1) is 4.70. The van der Waals surface area contributed by atoms with Crippen LogP contribution in [0.1, 0.15) is 20.3 Å². The summed E-state index contributed by atoms with van der Waals surface area (Å²) in [6.07, 6.45) is 0.578. The highest BCUT2D eigenvalue weighted by atomic mass is 79.9. The van der Waals surface area contributed by atoms with Crippen molar-refractivity contribution in [1.82, 2.24) is 5.32 Å². The number of halogens is 1. The molecule has 0 aromatic carbocycles. The Morgan fingerprint density at radius 1 is 1.70 bits per heavy atom. The zero-order valence-corrected chi connectivity index (χ0v) is 8.07. The van der Waals surface area contributed by atoms with Crippen molar-refractivity contribution < 1.29 is 4.79 Å². The highest BCUT2D eigenvalue weighted by Gasteiger charge is 2.00. The number of rotatable bonds is 4. The molecule has 0 aromatic rings. The molecule has 0 aliphatic heterocycles. The van der Waals surface area contributed by atoms with Crippen LogP contribution in [0.3, 0.4) is 0 Å². The van der Waals surface area contributed by atoms with Gasteiger partial charge in [0.2, 0.25) is 5.91 Å². The van der Waals surface area contributed by atoms with Crippen LogP contribution in [-0.2, 0) is 4.79 Å². The SMILES string of the molecule is CCC(=O)NCC(C)CBr. The largest absolute Gasteiger partial charge is 0.356 e. The minimum Gasteiger partial charge on any atom is -0.356 e. The Morgan fingerprint density at radius 3 is 2.70 bits per heavy atom. The summed E-state index contributed by atoms with van der Waals surface area (Å²) >= 11 is 3.34. The lowest BCUT2D eigenvalue weighted by Crippen LogP contribution is -2.27. The van der Waals surface area contributed by atoms with Gasteiger partial charge in [-0.3, -0.25) is 4.79 Å². The van der Waals surface area contributed by atoms with Crippen molar-refractivity contribution >= 4 is 21.8 Å². The molecule has 0 aliphatic carbocycles. The Hall–Kier alpha value is -0.0500. The molecular formula is C7H14BrNO. The molecule has 0 radical (unpaired) electrons. The summed E-state index contributed by atoms with van der Waals surface area (Å²) in [6.45, 7) is 4.72. The Bertz CT molecular complexity index is 106. The van der Waals surface area contributed by atoms with E-state index in [1.54, 1.807) is 0 Å². The highest BCUT2D eigenvalue weighted by molar-refractivity contribution is 9.09. The van der Waals surface area contributed by atoms with E-state index < -0.39 is 0 Å². The standard InChI is InChI=1S/C7H14BrNO/c1-3-7(10)9-5-6(2)4-8/h6H,3-5H2,1-2H3,(H,9,10). The zero-order valence-electron chi connectivity index (χ0n) is 6.48. The van der Waals surface area contributed by atoms with Crippen molar-refractivity contribution in [1.29, 1.82) is 0 Å². The van der Waals surface area contributed by atoms with E-state index in [4.69, 9.17) is 0 Å². The second-order valence-electron chi connectivity index (χ2n) is 2.42. The Balaban J connectivity index is 3.26. The highest BCUT2D eigenvalue weighted by Crippen LogP contribution is 1.96. The van der Waals surface area contributed by atoms with Gasteiger partial charge in [0, 0.05) is 18.3 Å². The average Bonchev–Trinajstić information content (AvgIpc) is 1.99. The van der Waals surface area contributed by atoms with E-state index in [0.717, 1.165) is 11.9 Å². The Morgan fingerprint density at radius 2 is 2.30 bits per heavy atom. The molecule has 3 heteroatoms. The molecule has 1 unspecified atom stereocenters. The average molecular weight is 208 g/mol. The quantitative estimate of drug-likeness (QED) is 0.697. The second kappa shape index (κ2) is 5.71. The third-order valence-electron chi connectivity index (χ3n) is 1.23. The van der Waals surface area contributed by atoms with Crippen LogP contribution >= 0.6 is 15.9 Å². The van der Waals surface area contributed by atoms with Crippen molar-refractivity contribution in [2.24, 2.45) is 5.92 Å². The first-order valence-corrected chi connectivity index (χ1v) is 4.65. The molecule has 0 aliphatic rings. The Labute approximate surface area is 70.5 Å². The van der Waals surface area contributed by atoms with Gasteiger partial charge in [0.25, 0.3) is 0 Å². The van der Waals surface area contributed by atoms with Gasteiger partial charge in [0.05, 0.1) is 0 Å². The molecule has 2 nitrogen and oxygen atoms in total. The summed E-state index contributed by atoms with van der Waals surface area (Å²) in [4.78, 5) is 10.7. The first kappa shape index (κ1) is 9.95. The van der Waals surface area contributed by atoms with Gasteiger partial charge in [0.1, 0.15) is 0 Å². The van der Waals surface area contributed by atoms with Crippen molar-refractivity contribution in [2.45, 2.75) is 20.3 Å².